The molecule has 0 aromatic carbocycles. The summed E-state index contributed by atoms with van der Waals surface area (Å²) in [6, 6.07) is 0. The molecule has 5 nitrogen and oxygen atoms in total. The smallest absolute Gasteiger partial charge is 0.356 e. The average molecular weight is 215 g/mol. The SMILES string of the molecule is CCCCSc1ncn(C)c1[N+](=O)[O-]. The predicted molar refractivity (Wildman–Crippen MR) is 55.5 cm³/mol. The van der Waals surface area contributed by atoms with Crippen LogP contribution in [0.25, 0.3) is 0 Å². The lowest BCUT2D eigenvalue weighted by Gasteiger charge is -1.98. The summed E-state index contributed by atoms with van der Waals surface area (Å²) in [7, 11) is 1.63. The first-order valence-corrected chi connectivity index (χ1v) is 5.44. The number of hydrogen-bond donors (Lipinski definition) is 0. The molecular formula is C8H13N3O2S. The van der Waals surface area contributed by atoms with Crippen molar-refractivity contribution in [3.05, 3.63) is 16.4 Å². The van der Waals surface area contributed by atoms with Gasteiger partial charge in [0.05, 0.1) is 7.05 Å². The van der Waals surface area contributed by atoms with Gasteiger partial charge in [-0.2, -0.15) is 0 Å². The summed E-state index contributed by atoms with van der Waals surface area (Å²) in [5.74, 6) is 0.972. The maximum atomic E-state index is 10.7. The molecule has 0 saturated heterocycles. The molecule has 1 aromatic rings. The molecule has 78 valence electrons. The van der Waals surface area contributed by atoms with E-state index in [9.17, 15) is 10.1 Å². The van der Waals surface area contributed by atoms with E-state index in [2.05, 4.69) is 11.9 Å². The average Bonchev–Trinajstić information content (AvgIpc) is 2.47. The number of nitrogens with zero attached hydrogens (tertiary/aromatic N) is 3. The maximum Gasteiger partial charge on any atom is 0.356 e. The van der Waals surface area contributed by atoms with Crippen LogP contribution in [0.4, 0.5) is 5.82 Å². The van der Waals surface area contributed by atoms with Gasteiger partial charge in [0, 0.05) is 0 Å². The Balaban J connectivity index is 2.71. The van der Waals surface area contributed by atoms with E-state index in [1.54, 1.807) is 7.05 Å². The molecule has 0 aliphatic heterocycles. The molecule has 0 spiro atoms. The quantitative estimate of drug-likeness (QED) is 0.327. The van der Waals surface area contributed by atoms with Crippen LogP contribution >= 0.6 is 11.8 Å². The molecule has 0 N–H and O–H groups in total. The van der Waals surface area contributed by atoms with E-state index in [1.165, 1.54) is 22.7 Å². The predicted octanol–water partition coefficient (Wildman–Crippen LogP) is 2.22. The Kier molecular flexibility index (Phi) is 3.94. The highest BCUT2D eigenvalue weighted by atomic mass is 32.2. The standard InChI is InChI=1S/C8H13N3O2S/c1-3-4-5-14-7-8(11(12)13)10(2)6-9-7/h6H,3-5H2,1-2H3. The number of imidazole rings is 1. The molecule has 6 heteroatoms. The lowest BCUT2D eigenvalue weighted by atomic mass is 10.4. The van der Waals surface area contributed by atoms with Crippen LogP contribution in [0.3, 0.4) is 0 Å². The van der Waals surface area contributed by atoms with E-state index in [0.717, 1.165) is 18.6 Å². The Hall–Kier alpha value is -1.04. The van der Waals surface area contributed by atoms with E-state index in [4.69, 9.17) is 0 Å². The zero-order valence-corrected chi connectivity index (χ0v) is 9.08. The number of thioether (sulfide) groups is 1. The molecule has 1 heterocycles. The lowest BCUT2D eigenvalue weighted by Crippen LogP contribution is -1.97. The minimum absolute atomic E-state index is 0.0890. The Morgan fingerprint density at radius 2 is 2.43 bits per heavy atom. The Bertz CT molecular complexity index is 324. The highest BCUT2D eigenvalue weighted by Gasteiger charge is 2.18. The molecule has 1 aromatic heterocycles. The second kappa shape index (κ2) is 4.99. The van der Waals surface area contributed by atoms with Gasteiger partial charge in [0.15, 0.2) is 11.4 Å². The van der Waals surface area contributed by atoms with Crippen LogP contribution in [0.2, 0.25) is 0 Å². The summed E-state index contributed by atoms with van der Waals surface area (Å²) in [6.07, 6.45) is 3.62. The van der Waals surface area contributed by atoms with Crippen LogP contribution < -0.4 is 0 Å². The van der Waals surface area contributed by atoms with E-state index < -0.39 is 0 Å². The maximum absolute atomic E-state index is 10.7. The topological polar surface area (TPSA) is 61.0 Å². The van der Waals surface area contributed by atoms with Crippen molar-refractivity contribution in [1.82, 2.24) is 9.55 Å². The Morgan fingerprint density at radius 1 is 1.71 bits per heavy atom. The van der Waals surface area contributed by atoms with Gasteiger partial charge in [-0.25, -0.2) is 9.55 Å². The van der Waals surface area contributed by atoms with E-state index >= 15 is 0 Å². The van der Waals surface area contributed by atoms with Crippen LogP contribution in [0.15, 0.2) is 11.4 Å². The van der Waals surface area contributed by atoms with Gasteiger partial charge in [0.1, 0.15) is 0 Å². The van der Waals surface area contributed by atoms with Gasteiger partial charge < -0.3 is 10.1 Å². The summed E-state index contributed by atoms with van der Waals surface area (Å²) in [5, 5.41) is 11.2. The van der Waals surface area contributed by atoms with Gasteiger partial charge in [0.25, 0.3) is 0 Å². The molecule has 0 radical (unpaired) electrons. The monoisotopic (exact) mass is 215 g/mol. The number of aryl methyl sites for hydroxylation is 1. The third-order valence-corrected chi connectivity index (χ3v) is 2.84. The van der Waals surface area contributed by atoms with Gasteiger partial charge in [-0.05, 0) is 17.1 Å². The summed E-state index contributed by atoms with van der Waals surface area (Å²) < 4.78 is 1.44. The fourth-order valence-corrected chi connectivity index (χ4v) is 2.12. The second-order valence-electron chi connectivity index (χ2n) is 2.94. The van der Waals surface area contributed by atoms with E-state index in [0.29, 0.717) is 5.03 Å². The van der Waals surface area contributed by atoms with Crippen molar-refractivity contribution < 1.29 is 4.92 Å². The van der Waals surface area contributed by atoms with Crippen LogP contribution in [0, 0.1) is 10.1 Å². The van der Waals surface area contributed by atoms with Crippen LogP contribution in [-0.4, -0.2) is 20.2 Å². The molecule has 0 aliphatic rings. The molecule has 0 amide bonds. The highest BCUT2D eigenvalue weighted by Crippen LogP contribution is 2.27. The van der Waals surface area contributed by atoms with Crippen molar-refractivity contribution in [2.45, 2.75) is 24.8 Å². The van der Waals surface area contributed by atoms with Crippen LogP contribution in [-0.2, 0) is 7.05 Å². The van der Waals surface area contributed by atoms with Gasteiger partial charge in [0.2, 0.25) is 0 Å². The minimum Gasteiger partial charge on any atom is -0.358 e. The minimum atomic E-state index is -0.388. The molecule has 0 aliphatic carbocycles. The molecule has 0 bridgehead atoms. The zero-order chi connectivity index (χ0) is 10.6. The largest absolute Gasteiger partial charge is 0.358 e. The normalized spacial score (nSPS) is 10.4. The molecular weight excluding hydrogens is 202 g/mol. The molecule has 0 fully saturated rings. The molecule has 14 heavy (non-hydrogen) atoms. The summed E-state index contributed by atoms with van der Waals surface area (Å²) in [4.78, 5) is 14.3. The zero-order valence-electron chi connectivity index (χ0n) is 8.27. The van der Waals surface area contributed by atoms with Crippen molar-refractivity contribution >= 4 is 17.6 Å². The van der Waals surface area contributed by atoms with Crippen molar-refractivity contribution in [2.24, 2.45) is 7.05 Å². The first kappa shape index (κ1) is 11.0. The highest BCUT2D eigenvalue weighted by molar-refractivity contribution is 7.99. The Labute approximate surface area is 86.7 Å². The fraction of sp³-hybridized carbons (Fsp3) is 0.625. The van der Waals surface area contributed by atoms with Crippen molar-refractivity contribution in [3.8, 4) is 0 Å². The van der Waals surface area contributed by atoms with Gasteiger partial charge in [-0.3, -0.25) is 0 Å². The lowest BCUT2D eigenvalue weighted by molar-refractivity contribution is -0.394. The fourth-order valence-electron chi connectivity index (χ4n) is 1.02. The molecule has 0 atom stereocenters. The number of hydrogen-bond acceptors (Lipinski definition) is 4. The van der Waals surface area contributed by atoms with Crippen LogP contribution in [0.5, 0.6) is 0 Å². The summed E-state index contributed by atoms with van der Waals surface area (Å²) in [6.45, 7) is 2.09. The summed E-state index contributed by atoms with van der Waals surface area (Å²) in [5.41, 5.74) is 0. The number of rotatable bonds is 5. The Morgan fingerprint density at radius 3 is 3.00 bits per heavy atom. The molecule has 0 saturated carbocycles. The third-order valence-electron chi connectivity index (χ3n) is 1.78. The second-order valence-corrected chi connectivity index (χ2v) is 4.03. The van der Waals surface area contributed by atoms with E-state index in [1.807, 2.05) is 0 Å². The van der Waals surface area contributed by atoms with Gasteiger partial charge in [-0.15, -0.1) is 0 Å². The number of aromatic nitrogens is 2. The van der Waals surface area contributed by atoms with Gasteiger partial charge in [-0.1, -0.05) is 25.1 Å². The first-order chi connectivity index (χ1) is 6.66. The molecule has 1 rings (SSSR count). The number of nitro groups is 1. The van der Waals surface area contributed by atoms with Gasteiger partial charge >= 0.3 is 5.82 Å². The number of unbranched alkanes of at least 4 members (excludes halogenated alkanes) is 1. The summed E-state index contributed by atoms with van der Waals surface area (Å²) >= 11 is 1.45. The van der Waals surface area contributed by atoms with Crippen molar-refractivity contribution in [2.75, 3.05) is 5.75 Å². The van der Waals surface area contributed by atoms with Crippen molar-refractivity contribution in [1.29, 1.82) is 0 Å². The molecule has 0 unspecified atom stereocenters. The van der Waals surface area contributed by atoms with E-state index in [-0.39, 0.29) is 10.7 Å². The third kappa shape index (κ3) is 2.47. The van der Waals surface area contributed by atoms with Crippen LogP contribution in [0.1, 0.15) is 19.8 Å². The van der Waals surface area contributed by atoms with Crippen molar-refractivity contribution in [3.63, 3.8) is 0 Å². The first-order valence-electron chi connectivity index (χ1n) is 4.45.